The number of rotatable bonds is 8. The summed E-state index contributed by atoms with van der Waals surface area (Å²) in [5.41, 5.74) is 0.309. The Hall–Kier alpha value is -2.78. The first kappa shape index (κ1) is 34.7. The number of ether oxygens (including phenoxy) is 2. The van der Waals surface area contributed by atoms with Crippen molar-refractivity contribution in [2.75, 3.05) is 44.3 Å². The Morgan fingerprint density at radius 1 is 1.12 bits per heavy atom. The highest BCUT2D eigenvalue weighted by molar-refractivity contribution is 7.92. The average Bonchev–Trinajstić information content (AvgIpc) is 2.93. The molecule has 2 aromatic carbocycles. The van der Waals surface area contributed by atoms with Crippen LogP contribution in [0.5, 0.6) is 5.75 Å². The zero-order chi connectivity index (χ0) is 31.9. The number of hydrogen-bond donors (Lipinski definition) is 2. The van der Waals surface area contributed by atoms with Crippen molar-refractivity contribution in [3.05, 3.63) is 53.8 Å². The molecule has 0 aromatic heterocycles. The van der Waals surface area contributed by atoms with Crippen LogP contribution < -0.4 is 9.46 Å². The maximum Gasteiger partial charge on any atom is 0.258 e. The van der Waals surface area contributed by atoms with Gasteiger partial charge in [0, 0.05) is 38.3 Å². The van der Waals surface area contributed by atoms with Gasteiger partial charge in [-0.1, -0.05) is 6.92 Å². The minimum Gasteiger partial charge on any atom is -0.490 e. The van der Waals surface area contributed by atoms with Crippen LogP contribution in [0.4, 0.5) is 10.1 Å². The predicted octanol–water partition coefficient (Wildman–Crippen LogP) is 3.31. The number of aliphatic hydroxyl groups excluding tert-OH is 1. The second-order valence-electron chi connectivity index (χ2n) is 11.1. The van der Waals surface area contributed by atoms with Crippen molar-refractivity contribution in [1.29, 1.82) is 0 Å². The maximum absolute atomic E-state index is 14.1. The summed E-state index contributed by atoms with van der Waals surface area (Å²) >= 11 is 0. The standard InChI is InChI=1S/C29H42FN3O8S2/c1-20-17-33(21(2)19-34)29(35)26-16-24(31-42(5,36)37)11-14-27(26)41-22(3)8-6-7-15-40-28(20)18-32(4)43(38,39)25-12-9-23(30)10-13-25/h9-14,16,20-22,28,31,34H,6-8,15,17-19H2,1-5H3/t20-,21+,22+,28-/m0/s1. The molecule has 1 heterocycles. The molecule has 0 unspecified atom stereocenters. The lowest BCUT2D eigenvalue weighted by atomic mass is 10.0. The highest BCUT2D eigenvalue weighted by Gasteiger charge is 2.32. The van der Waals surface area contributed by atoms with Gasteiger partial charge < -0.3 is 19.5 Å². The van der Waals surface area contributed by atoms with E-state index in [0.717, 1.165) is 29.1 Å². The molecule has 0 radical (unpaired) electrons. The average molecular weight is 644 g/mol. The zero-order valence-electron chi connectivity index (χ0n) is 25.2. The van der Waals surface area contributed by atoms with Gasteiger partial charge in [-0.05, 0) is 75.6 Å². The molecule has 1 aliphatic rings. The van der Waals surface area contributed by atoms with Crippen molar-refractivity contribution in [3.63, 3.8) is 0 Å². The van der Waals surface area contributed by atoms with Gasteiger partial charge >= 0.3 is 0 Å². The normalized spacial score (nSPS) is 21.9. The minimum atomic E-state index is -3.96. The summed E-state index contributed by atoms with van der Waals surface area (Å²) < 4.78 is 79.6. The summed E-state index contributed by atoms with van der Waals surface area (Å²) in [5, 5.41) is 10.1. The summed E-state index contributed by atoms with van der Waals surface area (Å²) in [6.07, 6.45) is 2.19. The quantitative estimate of drug-likeness (QED) is 0.446. The Kier molecular flexibility index (Phi) is 11.9. The summed E-state index contributed by atoms with van der Waals surface area (Å²) in [6, 6.07) is 8.42. The maximum atomic E-state index is 14.1. The first-order valence-electron chi connectivity index (χ1n) is 14.2. The second kappa shape index (κ2) is 14.8. The Morgan fingerprint density at radius 2 is 1.79 bits per heavy atom. The lowest BCUT2D eigenvalue weighted by molar-refractivity contribution is -0.00833. The molecule has 1 amide bonds. The van der Waals surface area contributed by atoms with Crippen molar-refractivity contribution in [2.45, 2.75) is 63.2 Å². The number of likely N-dealkylation sites (N-methyl/N-ethyl adjacent to an activating group) is 1. The Morgan fingerprint density at radius 3 is 2.42 bits per heavy atom. The number of aliphatic hydroxyl groups is 1. The van der Waals surface area contributed by atoms with Gasteiger partial charge in [-0.2, -0.15) is 4.31 Å². The van der Waals surface area contributed by atoms with E-state index in [-0.39, 0.29) is 47.7 Å². The highest BCUT2D eigenvalue weighted by Crippen LogP contribution is 2.29. The third-order valence-corrected chi connectivity index (χ3v) is 9.76. The van der Waals surface area contributed by atoms with Crippen LogP contribution in [-0.2, 0) is 24.8 Å². The topological polar surface area (TPSA) is 143 Å². The lowest BCUT2D eigenvalue weighted by Gasteiger charge is -2.35. The van der Waals surface area contributed by atoms with Gasteiger partial charge in [0.15, 0.2) is 0 Å². The van der Waals surface area contributed by atoms with Gasteiger partial charge in [-0.3, -0.25) is 9.52 Å². The highest BCUT2D eigenvalue weighted by atomic mass is 32.2. The summed E-state index contributed by atoms with van der Waals surface area (Å²) in [7, 11) is -6.16. The molecule has 240 valence electrons. The fraction of sp³-hybridized carbons (Fsp3) is 0.552. The van der Waals surface area contributed by atoms with Crippen molar-refractivity contribution >= 4 is 31.6 Å². The molecule has 3 rings (SSSR count). The van der Waals surface area contributed by atoms with E-state index in [1.807, 2.05) is 13.8 Å². The van der Waals surface area contributed by atoms with Gasteiger partial charge in [0.2, 0.25) is 20.0 Å². The first-order chi connectivity index (χ1) is 20.1. The molecule has 2 aromatic rings. The van der Waals surface area contributed by atoms with E-state index in [0.29, 0.717) is 19.4 Å². The fourth-order valence-electron chi connectivity index (χ4n) is 4.80. The van der Waals surface area contributed by atoms with Crippen LogP contribution in [0.15, 0.2) is 47.4 Å². The van der Waals surface area contributed by atoms with E-state index in [1.54, 1.807) is 13.0 Å². The third kappa shape index (κ3) is 9.60. The van der Waals surface area contributed by atoms with Crippen LogP contribution in [0.1, 0.15) is 50.4 Å². The molecule has 2 N–H and O–H groups in total. The molecule has 0 aliphatic carbocycles. The van der Waals surface area contributed by atoms with Crippen LogP contribution >= 0.6 is 0 Å². The number of sulfonamides is 2. The van der Waals surface area contributed by atoms with Crippen LogP contribution in [0.2, 0.25) is 0 Å². The summed E-state index contributed by atoms with van der Waals surface area (Å²) in [4.78, 5) is 15.5. The fourth-order valence-corrected chi connectivity index (χ4v) is 6.54. The van der Waals surface area contributed by atoms with E-state index in [4.69, 9.17) is 9.47 Å². The van der Waals surface area contributed by atoms with Gasteiger partial charge in [-0.25, -0.2) is 21.2 Å². The molecular weight excluding hydrogens is 601 g/mol. The van der Waals surface area contributed by atoms with E-state index >= 15 is 0 Å². The van der Waals surface area contributed by atoms with E-state index in [1.165, 1.54) is 36.2 Å². The number of nitrogens with one attached hydrogen (secondary N) is 1. The van der Waals surface area contributed by atoms with Gasteiger partial charge in [0.25, 0.3) is 5.91 Å². The van der Waals surface area contributed by atoms with Crippen LogP contribution in [0, 0.1) is 11.7 Å². The number of benzene rings is 2. The van der Waals surface area contributed by atoms with Gasteiger partial charge in [-0.15, -0.1) is 0 Å². The molecule has 43 heavy (non-hydrogen) atoms. The van der Waals surface area contributed by atoms with E-state index in [2.05, 4.69) is 4.72 Å². The van der Waals surface area contributed by atoms with Crippen LogP contribution in [-0.4, -0.2) is 94.9 Å². The number of carbonyl (C=O) groups excluding carboxylic acids is 1. The molecule has 0 saturated carbocycles. The molecule has 1 aliphatic heterocycles. The van der Waals surface area contributed by atoms with Gasteiger partial charge in [0.05, 0.1) is 41.6 Å². The molecule has 0 spiro atoms. The first-order valence-corrected chi connectivity index (χ1v) is 17.5. The van der Waals surface area contributed by atoms with Crippen LogP contribution in [0.3, 0.4) is 0 Å². The monoisotopic (exact) mass is 643 g/mol. The number of halogens is 1. The number of hydrogen-bond acceptors (Lipinski definition) is 8. The second-order valence-corrected chi connectivity index (χ2v) is 14.9. The molecule has 11 nitrogen and oxygen atoms in total. The van der Waals surface area contributed by atoms with Crippen molar-refractivity contribution in [1.82, 2.24) is 9.21 Å². The molecule has 4 atom stereocenters. The van der Waals surface area contributed by atoms with Crippen molar-refractivity contribution < 1.29 is 40.6 Å². The Balaban J connectivity index is 1.98. The summed E-state index contributed by atoms with van der Waals surface area (Å²) in [6.45, 7) is 5.45. The smallest absolute Gasteiger partial charge is 0.258 e. The molecular formula is C29H42FN3O8S2. The van der Waals surface area contributed by atoms with Gasteiger partial charge in [0.1, 0.15) is 11.6 Å². The van der Waals surface area contributed by atoms with Crippen molar-refractivity contribution in [3.8, 4) is 5.75 Å². The lowest BCUT2D eigenvalue weighted by Crippen LogP contribution is -2.48. The van der Waals surface area contributed by atoms with E-state index in [9.17, 15) is 31.1 Å². The van der Waals surface area contributed by atoms with Crippen molar-refractivity contribution in [2.24, 2.45) is 5.92 Å². The number of nitrogens with zero attached hydrogens (tertiary/aromatic N) is 2. The number of fused-ring (bicyclic) bond motifs is 1. The van der Waals surface area contributed by atoms with E-state index < -0.39 is 49.8 Å². The molecule has 14 heteroatoms. The number of carbonyl (C=O) groups is 1. The number of anilines is 1. The summed E-state index contributed by atoms with van der Waals surface area (Å²) in [5.74, 6) is -1.15. The molecule has 0 saturated heterocycles. The SMILES string of the molecule is C[C@@H]1CCCCO[C@@H](CN(C)S(=O)(=O)c2ccc(F)cc2)[C@@H](C)CN([C@H](C)CO)C(=O)c2cc(NS(C)(=O)=O)ccc2O1. The predicted molar refractivity (Wildman–Crippen MR) is 162 cm³/mol. The molecule has 0 fully saturated rings. The Labute approximate surface area is 254 Å². The minimum absolute atomic E-state index is 0.0328. The zero-order valence-corrected chi connectivity index (χ0v) is 26.8. The number of amides is 1. The van der Waals surface area contributed by atoms with Crippen LogP contribution in [0.25, 0.3) is 0 Å². The molecule has 0 bridgehead atoms. The Bertz CT molecular complexity index is 1450. The largest absolute Gasteiger partial charge is 0.490 e. The third-order valence-electron chi connectivity index (χ3n) is 7.31.